The summed E-state index contributed by atoms with van der Waals surface area (Å²) in [4.78, 5) is 23.4. The quantitative estimate of drug-likeness (QED) is 0.745. The molecule has 5 nitrogen and oxygen atoms in total. The summed E-state index contributed by atoms with van der Waals surface area (Å²) in [6.07, 6.45) is 2.67. The van der Waals surface area contributed by atoms with Crippen LogP contribution in [0.15, 0.2) is 30.3 Å². The van der Waals surface area contributed by atoms with Gasteiger partial charge in [-0.25, -0.2) is 14.4 Å². The fourth-order valence-corrected chi connectivity index (χ4v) is 2.77. The molecule has 0 aliphatic rings. The molecule has 0 unspecified atom stereocenters. The topological polar surface area (TPSA) is 58.1 Å². The molecule has 1 aromatic heterocycles. The van der Waals surface area contributed by atoms with E-state index in [4.69, 9.17) is 0 Å². The van der Waals surface area contributed by atoms with Crippen LogP contribution in [0.2, 0.25) is 0 Å². The SMILES string of the molecule is CCCN(CCC)c1cc(C(=O)NCCc2ccc(F)cc2)nc(C)n1. The molecule has 0 atom stereocenters. The second-order valence-electron chi connectivity index (χ2n) is 6.28. The summed E-state index contributed by atoms with van der Waals surface area (Å²) in [7, 11) is 0. The van der Waals surface area contributed by atoms with Crippen LogP contribution in [0.25, 0.3) is 0 Å². The summed E-state index contributed by atoms with van der Waals surface area (Å²) in [6.45, 7) is 8.32. The Balaban J connectivity index is 2.02. The van der Waals surface area contributed by atoms with Gasteiger partial charge in [-0.05, 0) is 43.9 Å². The first-order chi connectivity index (χ1) is 12.5. The molecule has 0 radical (unpaired) electrons. The highest BCUT2D eigenvalue weighted by Gasteiger charge is 2.13. The highest BCUT2D eigenvalue weighted by molar-refractivity contribution is 5.92. The van der Waals surface area contributed by atoms with Crippen molar-refractivity contribution in [3.63, 3.8) is 0 Å². The Labute approximate surface area is 154 Å². The van der Waals surface area contributed by atoms with Gasteiger partial charge in [0.15, 0.2) is 0 Å². The highest BCUT2D eigenvalue weighted by atomic mass is 19.1. The van der Waals surface area contributed by atoms with Crippen LogP contribution in [0.5, 0.6) is 0 Å². The van der Waals surface area contributed by atoms with Gasteiger partial charge in [0.2, 0.25) is 0 Å². The van der Waals surface area contributed by atoms with E-state index >= 15 is 0 Å². The standard InChI is InChI=1S/C20H27FN4O/c1-4-12-25(13-5-2)19-14-18(23-15(3)24-19)20(26)22-11-10-16-6-8-17(21)9-7-16/h6-9,14H,4-5,10-13H2,1-3H3,(H,22,26). The zero-order chi connectivity index (χ0) is 18.9. The predicted molar refractivity (Wildman–Crippen MR) is 102 cm³/mol. The lowest BCUT2D eigenvalue weighted by Crippen LogP contribution is -2.29. The van der Waals surface area contributed by atoms with E-state index < -0.39 is 0 Å². The molecular formula is C20H27FN4O. The van der Waals surface area contributed by atoms with Gasteiger partial charge < -0.3 is 10.2 Å². The van der Waals surface area contributed by atoms with Crippen LogP contribution >= 0.6 is 0 Å². The molecule has 1 heterocycles. The molecule has 0 fully saturated rings. The van der Waals surface area contributed by atoms with Crippen molar-refractivity contribution in [3.8, 4) is 0 Å². The van der Waals surface area contributed by atoms with Crippen LogP contribution in [0.1, 0.15) is 48.6 Å². The van der Waals surface area contributed by atoms with E-state index in [-0.39, 0.29) is 11.7 Å². The second kappa shape index (κ2) is 9.85. The first kappa shape index (κ1) is 19.8. The van der Waals surface area contributed by atoms with Crippen LogP contribution in [0.3, 0.4) is 0 Å². The zero-order valence-corrected chi connectivity index (χ0v) is 15.8. The monoisotopic (exact) mass is 358 g/mol. The lowest BCUT2D eigenvalue weighted by atomic mass is 10.1. The average Bonchev–Trinajstić information content (AvgIpc) is 2.62. The smallest absolute Gasteiger partial charge is 0.270 e. The number of carbonyl (C=O) groups excluding carboxylic acids is 1. The summed E-state index contributed by atoms with van der Waals surface area (Å²) in [5, 5.41) is 2.88. The first-order valence-electron chi connectivity index (χ1n) is 9.16. The number of hydrogen-bond acceptors (Lipinski definition) is 4. The third-order valence-corrected chi connectivity index (χ3v) is 3.98. The summed E-state index contributed by atoms with van der Waals surface area (Å²) < 4.78 is 12.9. The van der Waals surface area contributed by atoms with E-state index in [1.54, 1.807) is 25.1 Å². The van der Waals surface area contributed by atoms with Gasteiger partial charge in [0, 0.05) is 25.7 Å². The number of aromatic nitrogens is 2. The van der Waals surface area contributed by atoms with E-state index in [1.807, 2.05) is 0 Å². The van der Waals surface area contributed by atoms with Crippen molar-refractivity contribution in [1.82, 2.24) is 15.3 Å². The number of anilines is 1. The Morgan fingerprint density at radius 1 is 1.12 bits per heavy atom. The minimum atomic E-state index is -0.259. The minimum Gasteiger partial charge on any atom is -0.357 e. The Kier molecular flexibility index (Phi) is 7.51. The van der Waals surface area contributed by atoms with E-state index in [0.717, 1.165) is 37.3 Å². The van der Waals surface area contributed by atoms with Crippen molar-refractivity contribution in [2.45, 2.75) is 40.0 Å². The van der Waals surface area contributed by atoms with Crippen molar-refractivity contribution >= 4 is 11.7 Å². The zero-order valence-electron chi connectivity index (χ0n) is 15.8. The molecule has 140 valence electrons. The maximum atomic E-state index is 12.9. The number of aryl methyl sites for hydroxylation is 1. The van der Waals surface area contributed by atoms with Gasteiger partial charge in [0.05, 0.1) is 0 Å². The summed E-state index contributed by atoms with van der Waals surface area (Å²) in [5.41, 5.74) is 1.35. The molecular weight excluding hydrogens is 331 g/mol. The molecule has 0 bridgehead atoms. The lowest BCUT2D eigenvalue weighted by Gasteiger charge is -2.23. The normalized spacial score (nSPS) is 10.6. The molecule has 2 rings (SSSR count). The van der Waals surface area contributed by atoms with E-state index in [1.165, 1.54) is 12.1 Å². The van der Waals surface area contributed by atoms with Gasteiger partial charge in [-0.2, -0.15) is 0 Å². The third-order valence-electron chi connectivity index (χ3n) is 3.98. The van der Waals surface area contributed by atoms with Crippen LogP contribution < -0.4 is 10.2 Å². The van der Waals surface area contributed by atoms with Crippen LogP contribution in [0, 0.1) is 12.7 Å². The van der Waals surface area contributed by atoms with Gasteiger partial charge >= 0.3 is 0 Å². The highest BCUT2D eigenvalue weighted by Crippen LogP contribution is 2.14. The maximum absolute atomic E-state index is 12.9. The Morgan fingerprint density at radius 2 is 1.77 bits per heavy atom. The fourth-order valence-electron chi connectivity index (χ4n) is 2.77. The molecule has 6 heteroatoms. The Morgan fingerprint density at radius 3 is 2.38 bits per heavy atom. The van der Waals surface area contributed by atoms with Crippen LogP contribution in [0.4, 0.5) is 10.2 Å². The Bertz CT molecular complexity index is 712. The van der Waals surface area contributed by atoms with Crippen molar-refractivity contribution in [2.24, 2.45) is 0 Å². The van der Waals surface area contributed by atoms with Crippen molar-refractivity contribution in [3.05, 3.63) is 53.2 Å². The number of nitrogens with zero attached hydrogens (tertiary/aromatic N) is 3. The molecule has 0 aliphatic heterocycles. The van der Waals surface area contributed by atoms with Gasteiger partial charge in [0.1, 0.15) is 23.2 Å². The van der Waals surface area contributed by atoms with Gasteiger partial charge in [-0.1, -0.05) is 26.0 Å². The summed E-state index contributed by atoms with van der Waals surface area (Å²) in [5.74, 6) is 0.908. The number of rotatable bonds is 9. The molecule has 1 N–H and O–H groups in total. The van der Waals surface area contributed by atoms with Crippen molar-refractivity contribution < 1.29 is 9.18 Å². The van der Waals surface area contributed by atoms with Gasteiger partial charge in [-0.3, -0.25) is 4.79 Å². The molecule has 1 aromatic carbocycles. The predicted octanol–water partition coefficient (Wildman–Crippen LogP) is 3.52. The second-order valence-corrected chi connectivity index (χ2v) is 6.28. The van der Waals surface area contributed by atoms with E-state index in [2.05, 4.69) is 34.0 Å². The molecule has 1 amide bonds. The first-order valence-corrected chi connectivity index (χ1v) is 9.16. The third kappa shape index (κ3) is 5.79. The number of halogens is 1. The fraction of sp³-hybridized carbons (Fsp3) is 0.450. The molecule has 0 spiro atoms. The molecule has 0 saturated heterocycles. The lowest BCUT2D eigenvalue weighted by molar-refractivity contribution is 0.0948. The molecule has 2 aromatic rings. The summed E-state index contributed by atoms with van der Waals surface area (Å²) in [6, 6.07) is 8.05. The van der Waals surface area contributed by atoms with E-state index in [9.17, 15) is 9.18 Å². The number of amides is 1. The molecule has 0 saturated carbocycles. The number of benzene rings is 1. The summed E-state index contributed by atoms with van der Waals surface area (Å²) >= 11 is 0. The van der Waals surface area contributed by atoms with E-state index in [0.29, 0.717) is 24.5 Å². The number of carbonyl (C=O) groups is 1. The largest absolute Gasteiger partial charge is 0.357 e. The maximum Gasteiger partial charge on any atom is 0.270 e. The molecule has 26 heavy (non-hydrogen) atoms. The van der Waals surface area contributed by atoms with Crippen LogP contribution in [-0.2, 0) is 6.42 Å². The average molecular weight is 358 g/mol. The molecule has 0 aliphatic carbocycles. The van der Waals surface area contributed by atoms with Gasteiger partial charge in [0.25, 0.3) is 5.91 Å². The number of hydrogen-bond donors (Lipinski definition) is 1. The van der Waals surface area contributed by atoms with Crippen LogP contribution in [-0.4, -0.2) is 35.5 Å². The van der Waals surface area contributed by atoms with Crippen molar-refractivity contribution in [2.75, 3.05) is 24.5 Å². The van der Waals surface area contributed by atoms with Crippen molar-refractivity contribution in [1.29, 1.82) is 0 Å². The Hall–Kier alpha value is -2.50. The van der Waals surface area contributed by atoms with Gasteiger partial charge in [-0.15, -0.1) is 0 Å². The number of nitrogens with one attached hydrogen (secondary N) is 1. The minimum absolute atomic E-state index is 0.216.